The lowest BCUT2D eigenvalue weighted by Crippen LogP contribution is -2.45. The molecule has 0 N–H and O–H groups in total. The summed E-state index contributed by atoms with van der Waals surface area (Å²) in [6, 6.07) is 2.08. The third kappa shape index (κ3) is 2.67. The molecule has 124 valence electrons. The lowest BCUT2D eigenvalue weighted by atomic mass is 9.77. The van der Waals surface area contributed by atoms with E-state index in [9.17, 15) is 4.79 Å². The molecule has 2 aromatic rings. The van der Waals surface area contributed by atoms with E-state index in [0.717, 1.165) is 54.7 Å². The minimum absolute atomic E-state index is 0.259. The molecule has 2 aliphatic rings. The van der Waals surface area contributed by atoms with Crippen molar-refractivity contribution in [3.63, 3.8) is 0 Å². The summed E-state index contributed by atoms with van der Waals surface area (Å²) in [5.41, 5.74) is 4.05. The number of thiophene rings is 1. The standard InChI is InChI=1S/C19H21N3OS/c1-19(7-3-2-4-8-19)18(23)22-9-5-16-15(11-22)17(21-13-20-16)14-6-10-24-12-14/h2-3,6,10,12-13H,4-5,7-9,11H2,1H3. The van der Waals surface area contributed by atoms with Gasteiger partial charge >= 0.3 is 0 Å². The smallest absolute Gasteiger partial charge is 0.229 e. The van der Waals surface area contributed by atoms with Gasteiger partial charge < -0.3 is 4.90 Å². The Bertz CT molecular complexity index is 784. The maximum absolute atomic E-state index is 13.1. The SMILES string of the molecule is CC1(C(=O)N2CCc3ncnc(-c4ccsc4)c3C2)CC=CCC1. The minimum Gasteiger partial charge on any atom is -0.337 e. The fourth-order valence-electron chi connectivity index (χ4n) is 3.70. The maximum Gasteiger partial charge on any atom is 0.229 e. The van der Waals surface area contributed by atoms with Crippen molar-refractivity contribution in [3.8, 4) is 11.3 Å². The van der Waals surface area contributed by atoms with Crippen molar-refractivity contribution in [1.82, 2.24) is 14.9 Å². The number of allylic oxidation sites excluding steroid dienone is 2. The van der Waals surface area contributed by atoms with Crippen LogP contribution in [0.3, 0.4) is 0 Å². The van der Waals surface area contributed by atoms with Gasteiger partial charge in [0.05, 0.1) is 16.8 Å². The Labute approximate surface area is 146 Å². The van der Waals surface area contributed by atoms with E-state index in [1.165, 1.54) is 0 Å². The molecule has 0 radical (unpaired) electrons. The third-order valence-electron chi connectivity index (χ3n) is 5.20. The zero-order chi connectivity index (χ0) is 16.6. The maximum atomic E-state index is 13.1. The molecule has 0 saturated carbocycles. The van der Waals surface area contributed by atoms with Crippen molar-refractivity contribution < 1.29 is 4.79 Å². The van der Waals surface area contributed by atoms with Crippen LogP contribution < -0.4 is 0 Å². The zero-order valence-corrected chi connectivity index (χ0v) is 14.7. The van der Waals surface area contributed by atoms with E-state index in [1.54, 1.807) is 17.7 Å². The molecule has 0 fully saturated rings. The van der Waals surface area contributed by atoms with Crippen LogP contribution in [0.4, 0.5) is 0 Å². The molecule has 1 unspecified atom stereocenters. The van der Waals surface area contributed by atoms with E-state index < -0.39 is 0 Å². The average Bonchev–Trinajstić information content (AvgIpc) is 3.15. The largest absolute Gasteiger partial charge is 0.337 e. The van der Waals surface area contributed by atoms with Crippen molar-refractivity contribution >= 4 is 17.2 Å². The Morgan fingerprint density at radius 3 is 3.00 bits per heavy atom. The minimum atomic E-state index is -0.259. The van der Waals surface area contributed by atoms with Gasteiger partial charge in [-0.1, -0.05) is 19.1 Å². The number of carbonyl (C=O) groups is 1. The first-order valence-corrected chi connectivity index (χ1v) is 9.41. The Morgan fingerprint density at radius 2 is 2.25 bits per heavy atom. The quantitative estimate of drug-likeness (QED) is 0.781. The zero-order valence-electron chi connectivity index (χ0n) is 13.9. The highest BCUT2D eigenvalue weighted by molar-refractivity contribution is 7.08. The second kappa shape index (κ2) is 6.13. The predicted molar refractivity (Wildman–Crippen MR) is 95.6 cm³/mol. The van der Waals surface area contributed by atoms with Crippen LogP contribution in [0.5, 0.6) is 0 Å². The van der Waals surface area contributed by atoms with Crippen molar-refractivity contribution in [2.75, 3.05) is 6.54 Å². The van der Waals surface area contributed by atoms with Gasteiger partial charge in [-0.15, -0.1) is 0 Å². The Balaban J connectivity index is 1.64. The predicted octanol–water partition coefficient (Wildman–Crippen LogP) is 3.84. The fraction of sp³-hybridized carbons (Fsp3) is 0.421. The molecule has 24 heavy (non-hydrogen) atoms. The summed E-state index contributed by atoms with van der Waals surface area (Å²) in [6.45, 7) is 3.49. The number of nitrogens with zero attached hydrogens (tertiary/aromatic N) is 3. The van der Waals surface area contributed by atoms with Crippen LogP contribution in [0.25, 0.3) is 11.3 Å². The number of hydrogen-bond donors (Lipinski definition) is 0. The van der Waals surface area contributed by atoms with Crippen molar-refractivity contribution in [2.45, 2.75) is 39.2 Å². The molecule has 0 aromatic carbocycles. The molecule has 2 aromatic heterocycles. The normalized spacial score (nSPS) is 23.1. The van der Waals surface area contributed by atoms with Crippen molar-refractivity contribution in [3.05, 3.63) is 46.6 Å². The van der Waals surface area contributed by atoms with Gasteiger partial charge in [0.25, 0.3) is 0 Å². The highest BCUT2D eigenvalue weighted by Gasteiger charge is 2.38. The van der Waals surface area contributed by atoms with E-state index in [-0.39, 0.29) is 11.3 Å². The van der Waals surface area contributed by atoms with E-state index in [1.807, 2.05) is 4.90 Å². The summed E-state index contributed by atoms with van der Waals surface area (Å²) in [5.74, 6) is 0.276. The number of hydrogen-bond acceptors (Lipinski definition) is 4. The molecule has 5 heteroatoms. The summed E-state index contributed by atoms with van der Waals surface area (Å²) in [4.78, 5) is 24.1. The van der Waals surface area contributed by atoms with Gasteiger partial charge in [-0.25, -0.2) is 9.97 Å². The molecule has 1 aliphatic heterocycles. The number of rotatable bonds is 2. The molecule has 1 aliphatic carbocycles. The van der Waals surface area contributed by atoms with Crippen LogP contribution in [-0.4, -0.2) is 27.3 Å². The average molecular weight is 339 g/mol. The Kier molecular flexibility index (Phi) is 3.96. The van der Waals surface area contributed by atoms with E-state index >= 15 is 0 Å². The van der Waals surface area contributed by atoms with Gasteiger partial charge in [-0.2, -0.15) is 11.3 Å². The highest BCUT2D eigenvalue weighted by atomic mass is 32.1. The summed E-state index contributed by atoms with van der Waals surface area (Å²) in [5, 5.41) is 4.17. The summed E-state index contributed by atoms with van der Waals surface area (Å²) >= 11 is 1.67. The Hall–Kier alpha value is -2.01. The lowest BCUT2D eigenvalue weighted by molar-refractivity contribution is -0.142. The molecule has 3 heterocycles. The van der Waals surface area contributed by atoms with Crippen LogP contribution in [0.15, 0.2) is 35.3 Å². The fourth-order valence-corrected chi connectivity index (χ4v) is 4.34. The first-order chi connectivity index (χ1) is 11.7. The van der Waals surface area contributed by atoms with Crippen molar-refractivity contribution in [1.29, 1.82) is 0 Å². The summed E-state index contributed by atoms with van der Waals surface area (Å²) in [7, 11) is 0. The van der Waals surface area contributed by atoms with Gasteiger partial charge in [-0.3, -0.25) is 4.79 Å². The van der Waals surface area contributed by atoms with Gasteiger partial charge in [-0.05, 0) is 30.7 Å². The van der Waals surface area contributed by atoms with Gasteiger partial charge in [0.2, 0.25) is 5.91 Å². The Morgan fingerprint density at radius 1 is 1.33 bits per heavy atom. The van der Waals surface area contributed by atoms with E-state index in [0.29, 0.717) is 6.54 Å². The molecule has 0 spiro atoms. The third-order valence-corrected chi connectivity index (χ3v) is 5.88. The number of fused-ring (bicyclic) bond motifs is 1. The van der Waals surface area contributed by atoms with E-state index in [4.69, 9.17) is 0 Å². The molecular weight excluding hydrogens is 318 g/mol. The van der Waals surface area contributed by atoms with Crippen LogP contribution in [0.2, 0.25) is 0 Å². The number of aromatic nitrogens is 2. The summed E-state index contributed by atoms with van der Waals surface area (Å²) in [6.07, 6.45) is 9.58. The van der Waals surface area contributed by atoms with Gasteiger partial charge in [0.15, 0.2) is 0 Å². The number of amides is 1. The van der Waals surface area contributed by atoms with E-state index in [2.05, 4.69) is 45.9 Å². The molecule has 4 rings (SSSR count). The molecule has 1 amide bonds. The van der Waals surface area contributed by atoms with Gasteiger partial charge in [0, 0.05) is 36.0 Å². The molecule has 1 atom stereocenters. The second-order valence-electron chi connectivity index (χ2n) is 6.91. The van der Waals surface area contributed by atoms with Crippen LogP contribution in [0, 0.1) is 5.41 Å². The highest BCUT2D eigenvalue weighted by Crippen LogP contribution is 2.36. The lowest BCUT2D eigenvalue weighted by Gasteiger charge is -2.37. The monoisotopic (exact) mass is 339 g/mol. The first kappa shape index (κ1) is 15.5. The van der Waals surface area contributed by atoms with Crippen LogP contribution in [-0.2, 0) is 17.8 Å². The van der Waals surface area contributed by atoms with Gasteiger partial charge in [0.1, 0.15) is 6.33 Å². The molecule has 0 bridgehead atoms. The molecular formula is C19H21N3OS. The topological polar surface area (TPSA) is 46.1 Å². The van der Waals surface area contributed by atoms with Crippen LogP contribution in [0.1, 0.15) is 37.4 Å². The summed E-state index contributed by atoms with van der Waals surface area (Å²) < 4.78 is 0. The van der Waals surface area contributed by atoms with Crippen LogP contribution >= 0.6 is 11.3 Å². The van der Waals surface area contributed by atoms with Crippen molar-refractivity contribution in [2.24, 2.45) is 5.41 Å². The second-order valence-corrected chi connectivity index (χ2v) is 7.69. The first-order valence-electron chi connectivity index (χ1n) is 8.47. The molecule has 4 nitrogen and oxygen atoms in total. The number of carbonyl (C=O) groups excluding carboxylic acids is 1. The molecule has 0 saturated heterocycles.